The monoisotopic (exact) mass is 237 g/mol. The molecule has 0 saturated heterocycles. The van der Waals surface area contributed by atoms with Crippen molar-refractivity contribution >= 4 is 34.4 Å². The Kier molecular flexibility index (Phi) is 2.55. The smallest absolute Gasteiger partial charge is 0.0521 e. The topological polar surface area (TPSA) is 15.8 Å². The van der Waals surface area contributed by atoms with E-state index in [2.05, 4.69) is 65.9 Å². The van der Waals surface area contributed by atoms with E-state index in [-0.39, 0.29) is 0 Å². The molecule has 1 heterocycles. The predicted molar refractivity (Wildman–Crippen MR) is 76.5 cm³/mol. The first-order chi connectivity index (χ1) is 8.38. The number of hydrogen-bond donors (Lipinski definition) is 2. The lowest BCUT2D eigenvalue weighted by Crippen LogP contribution is -1.75. The van der Waals surface area contributed by atoms with Gasteiger partial charge in [0.15, 0.2) is 0 Å². The Balaban J connectivity index is 2.26. The zero-order chi connectivity index (χ0) is 11.7. The van der Waals surface area contributed by atoms with Gasteiger partial charge in [-0.1, -0.05) is 36.1 Å². The predicted octanol–water partition coefficient (Wildman–Crippen LogP) is 3.60. The van der Waals surface area contributed by atoms with Crippen LogP contribution in [0.3, 0.4) is 0 Å². The van der Waals surface area contributed by atoms with Crippen molar-refractivity contribution in [1.82, 2.24) is 4.98 Å². The van der Waals surface area contributed by atoms with Gasteiger partial charge in [-0.2, -0.15) is 12.6 Å². The Bertz CT molecular complexity index is 744. The third kappa shape index (κ3) is 1.79. The number of thiol groups is 1. The average Bonchev–Trinajstić information content (AvgIpc) is 2.74. The number of para-hydroxylation sites is 1. The van der Waals surface area contributed by atoms with Crippen molar-refractivity contribution in [1.29, 1.82) is 0 Å². The van der Waals surface area contributed by atoms with E-state index in [0.717, 1.165) is 11.1 Å². The maximum absolute atomic E-state index is 4.08. The molecule has 0 aliphatic heterocycles. The molecule has 2 aromatic carbocycles. The minimum absolute atomic E-state index is 0.588. The molecule has 0 atom stereocenters. The lowest BCUT2D eigenvalue weighted by molar-refractivity contribution is 1.54. The molecule has 0 spiro atoms. The van der Waals surface area contributed by atoms with Gasteiger partial charge in [0.05, 0.1) is 5.75 Å². The summed E-state index contributed by atoms with van der Waals surface area (Å²) in [6, 6.07) is 14.6. The highest BCUT2D eigenvalue weighted by Gasteiger charge is 2.02. The first kappa shape index (κ1) is 10.3. The molecule has 0 aliphatic rings. The molecule has 1 aromatic heterocycles. The minimum Gasteiger partial charge on any atom is -0.354 e. The van der Waals surface area contributed by atoms with Gasteiger partial charge in [-0.05, 0) is 18.2 Å². The van der Waals surface area contributed by atoms with Crippen molar-refractivity contribution in [3.63, 3.8) is 0 Å². The van der Waals surface area contributed by atoms with E-state index in [1.165, 1.54) is 16.3 Å². The standard InChI is InChI=1S/C15H11NS/c17-9-3-4-11-7-8-13-12-5-1-2-6-14(12)16-15(13)10-11/h1-2,5-8,10,16-17H,9H2. The lowest BCUT2D eigenvalue weighted by Gasteiger charge is -1.92. The van der Waals surface area contributed by atoms with Gasteiger partial charge >= 0.3 is 0 Å². The highest BCUT2D eigenvalue weighted by molar-refractivity contribution is 7.80. The van der Waals surface area contributed by atoms with Gasteiger partial charge < -0.3 is 4.98 Å². The number of rotatable bonds is 0. The van der Waals surface area contributed by atoms with E-state index >= 15 is 0 Å². The van der Waals surface area contributed by atoms with Crippen LogP contribution in [0.2, 0.25) is 0 Å². The Morgan fingerprint density at radius 2 is 1.82 bits per heavy atom. The van der Waals surface area contributed by atoms with E-state index in [9.17, 15) is 0 Å². The molecule has 3 aromatic rings. The maximum Gasteiger partial charge on any atom is 0.0521 e. The van der Waals surface area contributed by atoms with Crippen LogP contribution in [-0.2, 0) is 0 Å². The summed E-state index contributed by atoms with van der Waals surface area (Å²) in [6.45, 7) is 0. The normalized spacial score (nSPS) is 10.4. The zero-order valence-corrected chi connectivity index (χ0v) is 10.1. The second-order valence-electron chi connectivity index (χ2n) is 3.89. The summed E-state index contributed by atoms with van der Waals surface area (Å²) in [5.74, 6) is 6.64. The Morgan fingerprint density at radius 1 is 1.00 bits per heavy atom. The van der Waals surface area contributed by atoms with Crippen LogP contribution >= 0.6 is 12.6 Å². The maximum atomic E-state index is 4.08. The molecule has 3 rings (SSSR count). The lowest BCUT2D eigenvalue weighted by atomic mass is 10.1. The van der Waals surface area contributed by atoms with Crippen molar-refractivity contribution in [2.24, 2.45) is 0 Å². The number of H-pyrrole nitrogens is 1. The van der Waals surface area contributed by atoms with E-state index in [0.29, 0.717) is 5.75 Å². The second kappa shape index (κ2) is 4.20. The second-order valence-corrected chi connectivity index (χ2v) is 4.21. The summed E-state index contributed by atoms with van der Waals surface area (Å²) in [7, 11) is 0. The van der Waals surface area contributed by atoms with Crippen LogP contribution in [0.5, 0.6) is 0 Å². The van der Waals surface area contributed by atoms with Gasteiger partial charge in [0.1, 0.15) is 0 Å². The van der Waals surface area contributed by atoms with Gasteiger partial charge in [-0.25, -0.2) is 0 Å². The largest absolute Gasteiger partial charge is 0.354 e. The average molecular weight is 237 g/mol. The molecule has 1 nitrogen and oxygen atoms in total. The van der Waals surface area contributed by atoms with Gasteiger partial charge in [-0.3, -0.25) is 0 Å². The summed E-state index contributed by atoms with van der Waals surface area (Å²) in [6.07, 6.45) is 0. The molecule has 82 valence electrons. The first-order valence-electron chi connectivity index (χ1n) is 5.49. The number of hydrogen-bond acceptors (Lipinski definition) is 1. The van der Waals surface area contributed by atoms with E-state index < -0.39 is 0 Å². The van der Waals surface area contributed by atoms with Crippen LogP contribution in [-0.4, -0.2) is 10.7 Å². The van der Waals surface area contributed by atoms with Crippen molar-refractivity contribution in [2.45, 2.75) is 0 Å². The minimum atomic E-state index is 0.588. The van der Waals surface area contributed by atoms with Gasteiger partial charge in [0.25, 0.3) is 0 Å². The molecule has 0 radical (unpaired) electrons. The van der Waals surface area contributed by atoms with Gasteiger partial charge in [0, 0.05) is 27.4 Å². The molecular weight excluding hydrogens is 226 g/mol. The van der Waals surface area contributed by atoms with Crippen LogP contribution in [0.15, 0.2) is 42.5 Å². The zero-order valence-electron chi connectivity index (χ0n) is 9.20. The highest BCUT2D eigenvalue weighted by atomic mass is 32.1. The van der Waals surface area contributed by atoms with Crippen LogP contribution in [0, 0.1) is 11.8 Å². The summed E-state index contributed by atoms with van der Waals surface area (Å²) in [5, 5.41) is 2.51. The summed E-state index contributed by atoms with van der Waals surface area (Å²) in [5.41, 5.74) is 3.33. The van der Waals surface area contributed by atoms with Crippen LogP contribution in [0.4, 0.5) is 0 Å². The van der Waals surface area contributed by atoms with E-state index in [1.54, 1.807) is 0 Å². The fraction of sp³-hybridized carbons (Fsp3) is 0.0667. The van der Waals surface area contributed by atoms with Gasteiger partial charge in [-0.15, -0.1) is 0 Å². The number of benzene rings is 2. The molecule has 0 bridgehead atoms. The molecule has 17 heavy (non-hydrogen) atoms. The Hall–Kier alpha value is -1.85. The molecule has 0 fully saturated rings. The molecular formula is C15H11NS. The molecule has 0 aliphatic carbocycles. The quantitative estimate of drug-likeness (QED) is 0.439. The Morgan fingerprint density at radius 3 is 2.71 bits per heavy atom. The number of fused-ring (bicyclic) bond motifs is 3. The molecule has 1 N–H and O–H groups in total. The fourth-order valence-corrected chi connectivity index (χ4v) is 2.15. The third-order valence-electron chi connectivity index (χ3n) is 2.82. The van der Waals surface area contributed by atoms with Crippen LogP contribution in [0.1, 0.15) is 5.56 Å². The summed E-state index contributed by atoms with van der Waals surface area (Å²) < 4.78 is 0. The van der Waals surface area contributed by atoms with E-state index in [4.69, 9.17) is 0 Å². The first-order valence-corrected chi connectivity index (χ1v) is 6.12. The molecule has 0 saturated carbocycles. The molecule has 0 amide bonds. The fourth-order valence-electron chi connectivity index (χ4n) is 2.07. The van der Waals surface area contributed by atoms with E-state index in [1.807, 2.05) is 6.07 Å². The third-order valence-corrected chi connectivity index (χ3v) is 2.98. The number of aromatic amines is 1. The molecule has 2 heteroatoms. The Labute approximate surface area is 105 Å². The van der Waals surface area contributed by atoms with Crippen molar-refractivity contribution in [2.75, 3.05) is 5.75 Å². The van der Waals surface area contributed by atoms with Crippen LogP contribution in [0.25, 0.3) is 21.8 Å². The summed E-state index contributed by atoms with van der Waals surface area (Å²) >= 11 is 4.08. The van der Waals surface area contributed by atoms with Crippen molar-refractivity contribution in [3.05, 3.63) is 48.0 Å². The van der Waals surface area contributed by atoms with Crippen molar-refractivity contribution < 1.29 is 0 Å². The van der Waals surface area contributed by atoms with Gasteiger partial charge in [0.2, 0.25) is 0 Å². The SMILES string of the molecule is SCC#Cc1ccc2c(c1)[nH]c1ccccc12. The van der Waals surface area contributed by atoms with Crippen molar-refractivity contribution in [3.8, 4) is 11.8 Å². The number of aromatic nitrogens is 1. The molecule has 0 unspecified atom stereocenters. The number of nitrogens with one attached hydrogen (secondary N) is 1. The summed E-state index contributed by atoms with van der Waals surface area (Å²) in [4.78, 5) is 3.41. The van der Waals surface area contributed by atoms with Crippen LogP contribution < -0.4 is 0 Å². The highest BCUT2D eigenvalue weighted by Crippen LogP contribution is 2.25.